The third-order valence-corrected chi connectivity index (χ3v) is 39.4. The molecule has 12 rings (SSSR count). The molecule has 0 aromatic heterocycles. The van der Waals surface area contributed by atoms with E-state index >= 15 is 0 Å². The molecular weight excluding hydrogens is 1880 g/mol. The maximum atomic E-state index is 12.4. The highest BCUT2D eigenvalue weighted by molar-refractivity contribution is 5.86. The van der Waals surface area contributed by atoms with E-state index in [-0.39, 0.29) is 138 Å². The lowest BCUT2D eigenvalue weighted by atomic mass is 9.58. The quantitative estimate of drug-likeness (QED) is 0.0138. The number of ether oxygens (including phenoxy) is 14. The first kappa shape index (κ1) is 133. The molecule has 25 heteroatoms. The minimum Gasteiger partial charge on any atom is -0.469 e. The van der Waals surface area contributed by atoms with Crippen LogP contribution in [0.2, 0.25) is 0 Å². The second-order valence-electron chi connectivity index (χ2n) is 50.3. The Kier molecular flexibility index (Phi) is 55.7. The Morgan fingerprint density at radius 2 is 0.669 bits per heavy atom. The molecule has 0 bridgehead atoms. The third-order valence-electron chi connectivity index (χ3n) is 39.4. The van der Waals surface area contributed by atoms with Crippen LogP contribution in [0.1, 0.15) is 434 Å². The van der Waals surface area contributed by atoms with Crippen molar-refractivity contribution in [1.29, 1.82) is 0 Å². The molecule has 0 amide bonds. The van der Waals surface area contributed by atoms with Gasteiger partial charge in [-0.1, -0.05) is 183 Å². The maximum Gasteiger partial charge on any atom is 0.308 e. The lowest BCUT2D eigenvalue weighted by molar-refractivity contribution is -0.268. The van der Waals surface area contributed by atoms with Crippen LogP contribution < -0.4 is 0 Å². The molecule has 12 fully saturated rings. The predicted octanol–water partition coefficient (Wildman–Crippen LogP) is 26.8. The van der Waals surface area contributed by atoms with Crippen LogP contribution in [0.4, 0.5) is 0 Å². The fourth-order valence-electron chi connectivity index (χ4n) is 28.9. The zero-order valence-electron chi connectivity index (χ0n) is 98.4. The Balaban J connectivity index is 0.000000298. The van der Waals surface area contributed by atoms with E-state index in [0.29, 0.717) is 130 Å². The number of carbonyl (C=O) groups excluding carboxylic acids is 11. The van der Waals surface area contributed by atoms with Gasteiger partial charge in [0.15, 0.2) is 17.4 Å². The molecule has 4 heterocycles. The van der Waals surface area contributed by atoms with E-state index in [1.807, 2.05) is 26.0 Å². The summed E-state index contributed by atoms with van der Waals surface area (Å²) in [6.07, 6.45) is 50.2. The van der Waals surface area contributed by atoms with Gasteiger partial charge in [-0.25, -0.2) is 0 Å². The molecule has 1 unspecified atom stereocenters. The van der Waals surface area contributed by atoms with Crippen molar-refractivity contribution in [1.82, 2.24) is 0 Å². The molecule has 4 aliphatic heterocycles. The van der Waals surface area contributed by atoms with Crippen LogP contribution in [0.3, 0.4) is 0 Å². The van der Waals surface area contributed by atoms with Crippen LogP contribution in [0.5, 0.6) is 0 Å². The number of hydrogen-bond acceptors (Lipinski definition) is 25. The van der Waals surface area contributed by atoms with Crippen LogP contribution in [-0.2, 0) is 119 Å². The summed E-state index contributed by atoms with van der Waals surface area (Å²) in [5.74, 6) is 5.44. The largest absolute Gasteiger partial charge is 0.469 e. The summed E-state index contributed by atoms with van der Waals surface area (Å²) in [7, 11) is 10.1. The van der Waals surface area contributed by atoms with Crippen molar-refractivity contribution >= 4 is 65.9 Å². The Labute approximate surface area is 896 Å². The molecule has 25 nitrogen and oxygen atoms in total. The number of aldehydes is 2. The Bertz CT molecular complexity index is 3950. The zero-order valence-corrected chi connectivity index (χ0v) is 98.4. The average Bonchev–Trinajstić information content (AvgIpc) is 1.54. The van der Waals surface area contributed by atoms with Crippen molar-refractivity contribution in [2.45, 2.75) is 457 Å². The van der Waals surface area contributed by atoms with Gasteiger partial charge < -0.3 is 75.9 Å². The highest BCUT2D eigenvalue weighted by Gasteiger charge is 2.63. The molecule has 148 heavy (non-hydrogen) atoms. The summed E-state index contributed by atoms with van der Waals surface area (Å²) < 4.78 is 75.0. The lowest BCUT2D eigenvalue weighted by Crippen LogP contribution is -2.55. The normalized spacial score (nSPS) is 28.5. The smallest absolute Gasteiger partial charge is 0.308 e. The minimum absolute atomic E-state index is 0.0860. The second kappa shape index (κ2) is 62.2. The zero-order chi connectivity index (χ0) is 111. The number of esters is 7. The molecule has 4 saturated heterocycles. The van der Waals surface area contributed by atoms with E-state index in [9.17, 15) is 52.7 Å². The Morgan fingerprint density at radius 3 is 1.05 bits per heavy atom. The summed E-state index contributed by atoms with van der Waals surface area (Å²) in [5, 5.41) is 0. The van der Waals surface area contributed by atoms with Crippen molar-refractivity contribution in [3.05, 3.63) is 25.3 Å². The highest BCUT2D eigenvalue weighted by Crippen LogP contribution is 2.62. The predicted molar refractivity (Wildman–Crippen MR) is 581 cm³/mol. The molecule has 12 aliphatic rings. The summed E-state index contributed by atoms with van der Waals surface area (Å²) >= 11 is 0. The Morgan fingerprint density at radius 1 is 0.345 bits per heavy atom. The first-order valence-electron chi connectivity index (χ1n) is 57.9. The van der Waals surface area contributed by atoms with Gasteiger partial charge in [0.1, 0.15) is 24.1 Å². The fraction of sp³-hybridized carbons (Fsp3) is 0.878. The van der Waals surface area contributed by atoms with Crippen LogP contribution in [0.25, 0.3) is 0 Å². The molecule has 0 aromatic rings. The molecule has 0 radical (unpaired) electrons. The van der Waals surface area contributed by atoms with Gasteiger partial charge in [-0.05, 0) is 286 Å². The lowest BCUT2D eigenvalue weighted by Gasteiger charge is -2.53. The van der Waals surface area contributed by atoms with E-state index in [0.717, 1.165) is 218 Å². The van der Waals surface area contributed by atoms with Gasteiger partial charge in [-0.2, -0.15) is 0 Å². The molecule has 17 atom stereocenters. The van der Waals surface area contributed by atoms with Crippen LogP contribution in [-0.4, -0.2) is 185 Å². The van der Waals surface area contributed by atoms with Crippen LogP contribution >= 0.6 is 0 Å². The summed E-state index contributed by atoms with van der Waals surface area (Å²) in [6, 6.07) is 0. The van der Waals surface area contributed by atoms with Gasteiger partial charge in [-0.15, -0.1) is 13.2 Å². The fourth-order valence-corrected chi connectivity index (χ4v) is 28.9. The van der Waals surface area contributed by atoms with Gasteiger partial charge in [-0.3, -0.25) is 43.2 Å². The first-order valence-corrected chi connectivity index (χ1v) is 57.9. The number of unbranched alkanes of at least 4 members (excludes halogenated alkanes) is 2. The number of Topliss-reactive ketones (excluding diaryl/α,β-unsaturated/α-hetero) is 2. The van der Waals surface area contributed by atoms with Gasteiger partial charge in [0.25, 0.3) is 0 Å². The van der Waals surface area contributed by atoms with Crippen molar-refractivity contribution < 1.29 is 119 Å². The van der Waals surface area contributed by atoms with Crippen molar-refractivity contribution in [3.63, 3.8) is 0 Å². The summed E-state index contributed by atoms with van der Waals surface area (Å²) in [4.78, 5) is 126. The summed E-state index contributed by atoms with van der Waals surface area (Å²) in [6.45, 7) is 59.2. The number of methoxy groups -OCH3 is 7. The molecular formula is C123H212O25. The van der Waals surface area contributed by atoms with Gasteiger partial charge in [0, 0.05) is 110 Å². The van der Waals surface area contributed by atoms with Gasteiger partial charge in [0.2, 0.25) is 0 Å². The third kappa shape index (κ3) is 35.6. The van der Waals surface area contributed by atoms with Crippen molar-refractivity contribution in [2.75, 3.05) is 96.0 Å². The average molecular weight is 2090 g/mol. The SMILES string of the molecule is C=CCCC[C@@H](C(=O)OC)[C@H]1CCCC2(OCCO2)C1(C)C.C=CCCC[C@@H](CC)[C@H]1CCCC2(OCCO2)C1(C)C.COC(=O)CCC[C@@H](C)[C@H]1CCCC(=O)C1(C)C.COC(=O)CCC[C@@H](C)[C@H]1CCCC2(CO2)C1(C)C.COC(=O)CCC[C@@H](C)[C@H]1CCC[C@@H](C=O)C1(C)C.COC(=O)CCC[C@@H](C)[C@H]1CCC[C@H](C=O)C1(C)C.COC(=O)C[C@H]1CCCC(=O)C1(C)C.COC(=O)C[C@H]1CCCC2(OCCO2)C1(C)C. The maximum absolute atomic E-state index is 12.4. The molecule has 0 aromatic carbocycles. The second-order valence-corrected chi connectivity index (χ2v) is 50.3. The molecule has 4 spiro atoms. The first-order chi connectivity index (χ1) is 69.7. The number of allylic oxidation sites excluding steroid dienone is 2. The molecule has 0 N–H and O–H groups in total. The van der Waals surface area contributed by atoms with E-state index in [1.54, 1.807) is 0 Å². The van der Waals surface area contributed by atoms with Crippen LogP contribution in [0.15, 0.2) is 25.3 Å². The molecule has 8 aliphatic carbocycles. The number of hydrogen-bond donors (Lipinski definition) is 0. The number of carbonyl (C=O) groups is 11. The summed E-state index contributed by atoms with van der Waals surface area (Å²) in [5.41, 5.74) is -0.144. The van der Waals surface area contributed by atoms with Crippen molar-refractivity contribution in [3.8, 4) is 0 Å². The van der Waals surface area contributed by atoms with E-state index in [1.165, 1.54) is 114 Å². The van der Waals surface area contributed by atoms with E-state index in [2.05, 4.69) is 164 Å². The number of ketones is 2. The minimum atomic E-state index is -0.527. The topological polar surface area (TPSA) is 320 Å². The monoisotopic (exact) mass is 2090 g/mol. The van der Waals surface area contributed by atoms with Crippen molar-refractivity contribution in [2.24, 2.45) is 138 Å². The molecule has 8 saturated carbocycles. The standard InChI is InChI=1S/C18H30O4.C18H32O2.3C16H28O3.C15H26O3.C13H22O4.C11H18O3/c1-5-6-7-9-14(16(19)20-4)15-10-8-11-18(17(15,2)3)21-12-13-22-18;1-5-7-8-10-15(6-2)16-11-9-12-18(17(16,3)4)19-13-14-20-18;1-12(7-5-9-14(17)18-4)13-8-6-10-16(11-19-16)15(13,2)3;2*1-12(7-5-10-15(18)19-4)14-9-6-8-13(11-17)16(14,2)3;1-11(7-5-10-14(17)18-4)12-8-6-9-13(16)15(12,2)3;1-12(2)10(9-11(14)15-3)5-4-6-13(12)16-7-8-17-13;1-11(2)8(7-10(13)14-3)5-4-6-9(11)12/h5,14-15H,1,6-13H2,2-4H3;5,15-16H,1,6-14H2,2-4H3;12-13H,5-11H2,1-4H3;2*11-14H,5-10H2,1-4H3;11-12H,5-10H2,1-4H3;10H,4-9H2,1-3H3;8H,4-7H2,1-3H3/t14-,15-;15-,16-;12-,13-,16?;12-,13+,14-;12-,13-,14-;11-,12-;10-;8-/m11111111/s1. The van der Waals surface area contributed by atoms with E-state index in [4.69, 9.17) is 47.4 Å². The van der Waals surface area contributed by atoms with Gasteiger partial charge >= 0.3 is 41.8 Å². The number of rotatable bonds is 38. The van der Waals surface area contributed by atoms with Crippen LogP contribution in [0, 0.1) is 138 Å². The van der Waals surface area contributed by atoms with Gasteiger partial charge in [0.05, 0.1) is 108 Å². The Hall–Kier alpha value is -5.83. The highest BCUT2D eigenvalue weighted by atomic mass is 16.8. The number of epoxide rings is 1. The van der Waals surface area contributed by atoms with E-state index < -0.39 is 11.6 Å². The molecule has 854 valence electrons.